The summed E-state index contributed by atoms with van der Waals surface area (Å²) < 4.78 is 4.79. The highest BCUT2D eigenvalue weighted by Gasteiger charge is 2.09. The summed E-state index contributed by atoms with van der Waals surface area (Å²) in [5.74, 6) is -0.540. The monoisotopic (exact) mass is 212 g/mol. The molecule has 0 aliphatic rings. The number of nitroso groups, excluding NO2 is 1. The second-order valence-corrected chi connectivity index (χ2v) is 3.12. The van der Waals surface area contributed by atoms with Gasteiger partial charge in [-0.25, -0.2) is 4.79 Å². The van der Waals surface area contributed by atoms with Crippen LogP contribution in [0, 0.1) is 4.91 Å². The Bertz CT molecular complexity index is 531. The summed E-state index contributed by atoms with van der Waals surface area (Å²) in [5.41, 5.74) is 0.465. The van der Waals surface area contributed by atoms with Gasteiger partial charge in [-0.3, -0.25) is 4.98 Å². The van der Waals surface area contributed by atoms with Crippen LogP contribution in [0.1, 0.15) is 11.1 Å². The largest absolute Gasteiger partial charge is 0.417 e. The Morgan fingerprint density at radius 3 is 3.00 bits per heavy atom. The lowest BCUT2D eigenvalue weighted by atomic mass is 10.2. The van der Waals surface area contributed by atoms with Crippen molar-refractivity contribution < 1.29 is 4.42 Å². The molecule has 1 aromatic heterocycles. The number of nitrogens with one attached hydrogen (secondary N) is 1. The summed E-state index contributed by atoms with van der Waals surface area (Å²) in [6.45, 7) is 0. The van der Waals surface area contributed by atoms with Gasteiger partial charge in [-0.05, 0) is 22.9 Å². The van der Waals surface area contributed by atoms with Gasteiger partial charge in [0, 0.05) is 0 Å². The lowest BCUT2D eigenvalue weighted by Crippen LogP contribution is -1.92. The first kappa shape index (κ1) is 8.96. The maximum absolute atomic E-state index is 10.8. The number of rotatable bonds is 2. The highest BCUT2D eigenvalue weighted by molar-refractivity contribution is 6.20. The molecule has 1 unspecified atom stereocenters. The van der Waals surface area contributed by atoms with Gasteiger partial charge in [0.15, 0.2) is 11.1 Å². The molecule has 72 valence electrons. The molecule has 6 heteroatoms. The lowest BCUT2D eigenvalue weighted by molar-refractivity contribution is 0.555. The molecule has 0 aliphatic carbocycles. The predicted molar refractivity (Wildman–Crippen MR) is 51.2 cm³/mol. The second kappa shape index (κ2) is 3.26. The van der Waals surface area contributed by atoms with Crippen molar-refractivity contribution >= 4 is 22.7 Å². The minimum absolute atomic E-state index is 0.363. The molecule has 2 aromatic rings. The molecule has 0 amide bonds. The summed E-state index contributed by atoms with van der Waals surface area (Å²) in [7, 11) is 0. The third-order valence-electron chi connectivity index (χ3n) is 1.81. The Kier molecular flexibility index (Phi) is 2.09. The highest BCUT2D eigenvalue weighted by atomic mass is 35.5. The van der Waals surface area contributed by atoms with Crippen LogP contribution >= 0.6 is 11.6 Å². The summed E-state index contributed by atoms with van der Waals surface area (Å²) in [6, 6.07) is 4.72. The van der Waals surface area contributed by atoms with E-state index in [0.717, 1.165) is 0 Å². The van der Waals surface area contributed by atoms with Crippen LogP contribution in [0.25, 0.3) is 11.1 Å². The fourth-order valence-electron chi connectivity index (χ4n) is 1.17. The average Bonchev–Trinajstić information content (AvgIpc) is 2.55. The van der Waals surface area contributed by atoms with Crippen LogP contribution in [0.3, 0.4) is 0 Å². The molecule has 0 fully saturated rings. The molecule has 1 heterocycles. The van der Waals surface area contributed by atoms with Crippen molar-refractivity contribution in [1.29, 1.82) is 0 Å². The van der Waals surface area contributed by atoms with Crippen LogP contribution in [-0.2, 0) is 0 Å². The SMILES string of the molecule is O=NC(Cl)c1ccc2[nH]c(=O)oc2c1. The van der Waals surface area contributed by atoms with Gasteiger partial charge in [0.2, 0.25) is 0 Å². The van der Waals surface area contributed by atoms with Crippen molar-refractivity contribution in [2.24, 2.45) is 5.18 Å². The maximum Gasteiger partial charge on any atom is 0.417 e. The molecule has 0 radical (unpaired) electrons. The van der Waals surface area contributed by atoms with E-state index in [-0.39, 0.29) is 0 Å². The summed E-state index contributed by atoms with van der Waals surface area (Å²) in [6.07, 6.45) is 0. The average molecular weight is 213 g/mol. The highest BCUT2D eigenvalue weighted by Crippen LogP contribution is 2.24. The molecular formula is C8H5ClN2O3. The van der Waals surface area contributed by atoms with Crippen LogP contribution in [0.4, 0.5) is 0 Å². The lowest BCUT2D eigenvalue weighted by Gasteiger charge is -1.98. The Labute approximate surface area is 82.7 Å². The van der Waals surface area contributed by atoms with E-state index in [1.807, 2.05) is 0 Å². The molecule has 14 heavy (non-hydrogen) atoms. The fourth-order valence-corrected chi connectivity index (χ4v) is 1.31. The molecule has 0 spiro atoms. The van der Waals surface area contributed by atoms with Crippen LogP contribution in [-0.4, -0.2) is 4.98 Å². The molecule has 0 bridgehead atoms. The van der Waals surface area contributed by atoms with E-state index in [0.29, 0.717) is 16.7 Å². The number of aromatic nitrogens is 1. The van der Waals surface area contributed by atoms with Crippen molar-refractivity contribution in [3.8, 4) is 0 Å². The first-order valence-corrected chi connectivity index (χ1v) is 4.23. The van der Waals surface area contributed by atoms with Crippen LogP contribution < -0.4 is 5.76 Å². The molecule has 2 rings (SSSR count). The van der Waals surface area contributed by atoms with E-state index in [2.05, 4.69) is 10.2 Å². The van der Waals surface area contributed by atoms with Gasteiger partial charge >= 0.3 is 5.76 Å². The van der Waals surface area contributed by atoms with Crippen molar-refractivity contribution in [2.75, 3.05) is 0 Å². The van der Waals surface area contributed by atoms with E-state index in [4.69, 9.17) is 16.0 Å². The van der Waals surface area contributed by atoms with Crippen LogP contribution in [0.2, 0.25) is 0 Å². The van der Waals surface area contributed by atoms with Crippen molar-refractivity contribution in [3.05, 3.63) is 39.2 Å². The zero-order valence-electron chi connectivity index (χ0n) is 6.86. The van der Waals surface area contributed by atoms with Crippen LogP contribution in [0.15, 0.2) is 32.6 Å². The van der Waals surface area contributed by atoms with Gasteiger partial charge in [0.05, 0.1) is 5.52 Å². The van der Waals surface area contributed by atoms with Gasteiger partial charge in [-0.1, -0.05) is 17.7 Å². The molecule has 0 aliphatic heterocycles. The van der Waals surface area contributed by atoms with Crippen molar-refractivity contribution in [2.45, 2.75) is 5.50 Å². The van der Waals surface area contributed by atoms with Crippen molar-refractivity contribution in [1.82, 2.24) is 4.98 Å². The number of halogens is 1. The summed E-state index contributed by atoms with van der Waals surface area (Å²) in [4.78, 5) is 23.4. The first-order chi connectivity index (χ1) is 6.70. The van der Waals surface area contributed by atoms with E-state index in [1.165, 1.54) is 6.07 Å². The molecule has 0 saturated heterocycles. The zero-order valence-corrected chi connectivity index (χ0v) is 7.62. The third kappa shape index (κ3) is 1.42. The topological polar surface area (TPSA) is 75.4 Å². The quantitative estimate of drug-likeness (QED) is 0.471. The summed E-state index contributed by atoms with van der Waals surface area (Å²) >= 11 is 5.59. The van der Waals surface area contributed by atoms with Gasteiger partial charge in [0.1, 0.15) is 0 Å². The van der Waals surface area contributed by atoms with Crippen molar-refractivity contribution in [3.63, 3.8) is 0 Å². The maximum atomic E-state index is 10.8. The third-order valence-corrected chi connectivity index (χ3v) is 2.14. The number of H-pyrrole nitrogens is 1. The number of oxazole rings is 1. The number of aromatic amines is 1. The number of nitrogens with zero attached hydrogens (tertiary/aromatic N) is 1. The predicted octanol–water partition coefficient (Wildman–Crippen LogP) is 2.12. The van der Waals surface area contributed by atoms with E-state index in [1.54, 1.807) is 12.1 Å². The number of benzene rings is 1. The first-order valence-electron chi connectivity index (χ1n) is 3.80. The van der Waals surface area contributed by atoms with Gasteiger partial charge < -0.3 is 4.42 Å². The molecule has 1 aromatic carbocycles. The Hall–Kier alpha value is -1.62. The van der Waals surface area contributed by atoms with Crippen LogP contribution in [0.5, 0.6) is 0 Å². The van der Waals surface area contributed by atoms with E-state index < -0.39 is 11.3 Å². The Balaban J connectivity index is 2.61. The molecular weight excluding hydrogens is 208 g/mol. The normalized spacial score (nSPS) is 12.9. The number of hydrogen-bond donors (Lipinski definition) is 1. The molecule has 0 saturated carbocycles. The zero-order chi connectivity index (χ0) is 10.1. The minimum Gasteiger partial charge on any atom is -0.408 e. The van der Waals surface area contributed by atoms with Gasteiger partial charge in [0.25, 0.3) is 0 Å². The fraction of sp³-hybridized carbons (Fsp3) is 0.125. The van der Waals surface area contributed by atoms with E-state index in [9.17, 15) is 9.70 Å². The molecule has 1 N–H and O–H groups in total. The molecule has 5 nitrogen and oxygen atoms in total. The Morgan fingerprint density at radius 2 is 2.29 bits per heavy atom. The smallest absolute Gasteiger partial charge is 0.408 e. The second-order valence-electron chi connectivity index (χ2n) is 2.71. The summed E-state index contributed by atoms with van der Waals surface area (Å²) in [5, 5.41) is 2.66. The Morgan fingerprint density at radius 1 is 1.50 bits per heavy atom. The van der Waals surface area contributed by atoms with E-state index >= 15 is 0 Å². The van der Waals surface area contributed by atoms with Gasteiger partial charge in [-0.2, -0.15) is 0 Å². The van der Waals surface area contributed by atoms with Gasteiger partial charge in [-0.15, -0.1) is 4.91 Å². The minimum atomic E-state index is -0.959. The molecule has 1 atom stereocenters. The standard InChI is InChI=1S/C8H5ClN2O3/c9-7(11-13)4-1-2-5-6(3-4)14-8(12)10-5/h1-3,7H,(H,10,12). The number of hydrogen-bond acceptors (Lipinski definition) is 4. The number of alkyl halides is 1. The number of fused-ring (bicyclic) bond motifs is 1.